The van der Waals surface area contributed by atoms with Crippen LogP contribution in [-0.2, 0) is 43.3 Å². The van der Waals surface area contributed by atoms with Crippen LogP contribution >= 0.6 is 15.8 Å². The van der Waals surface area contributed by atoms with Gasteiger partial charge >= 0.3 is 0 Å². The van der Waals surface area contributed by atoms with E-state index in [0.29, 0.717) is 0 Å². The van der Waals surface area contributed by atoms with E-state index in [1.54, 1.807) is 0 Å². The summed E-state index contributed by atoms with van der Waals surface area (Å²) in [5.74, 6) is 0. The van der Waals surface area contributed by atoms with Gasteiger partial charge in [-0.1, -0.05) is 287 Å². The van der Waals surface area contributed by atoms with Crippen LogP contribution in [0.2, 0.25) is 0 Å². The summed E-state index contributed by atoms with van der Waals surface area (Å²) in [6.07, 6.45) is 0. The molecule has 0 aliphatic rings. The minimum atomic E-state index is -1.06. The van der Waals surface area contributed by atoms with E-state index in [9.17, 15) is 0 Å². The van der Waals surface area contributed by atoms with Gasteiger partial charge in [-0.05, 0) is 147 Å². The van der Waals surface area contributed by atoms with Crippen molar-refractivity contribution in [3.05, 3.63) is 166 Å². The first-order valence-electron chi connectivity index (χ1n) is 26.2. The molecule has 0 amide bonds. The van der Waals surface area contributed by atoms with Crippen LogP contribution in [0.3, 0.4) is 0 Å². The van der Waals surface area contributed by atoms with Gasteiger partial charge in [-0.3, -0.25) is 0 Å². The third kappa shape index (κ3) is 12.7. The largest absolute Gasteiger partial charge is 0.0616 e. The highest BCUT2D eigenvalue weighted by atomic mass is 31.1. The molecule has 6 aromatic carbocycles. The lowest BCUT2D eigenvalue weighted by Crippen LogP contribution is -2.30. The molecular formula is C68H92P2. The Kier molecular flexibility index (Phi) is 15.2. The summed E-state index contributed by atoms with van der Waals surface area (Å²) in [5, 5.41) is 8.51. The van der Waals surface area contributed by atoms with E-state index in [0.717, 1.165) is 0 Å². The van der Waals surface area contributed by atoms with Gasteiger partial charge < -0.3 is 0 Å². The van der Waals surface area contributed by atoms with E-state index in [1.165, 1.54) is 87.5 Å². The molecule has 70 heavy (non-hydrogen) atoms. The van der Waals surface area contributed by atoms with Crippen molar-refractivity contribution < 1.29 is 0 Å². The topological polar surface area (TPSA) is 0 Å². The fourth-order valence-electron chi connectivity index (χ4n) is 9.07. The van der Waals surface area contributed by atoms with Crippen molar-refractivity contribution in [2.45, 2.75) is 209 Å². The molecule has 0 spiro atoms. The molecule has 0 heterocycles. The number of hydrogen-bond donors (Lipinski definition) is 0. The van der Waals surface area contributed by atoms with E-state index in [4.69, 9.17) is 0 Å². The third-order valence-corrected chi connectivity index (χ3v) is 19.1. The second kappa shape index (κ2) is 19.2. The first-order chi connectivity index (χ1) is 31.7. The minimum absolute atomic E-state index is 0.0240. The number of benzene rings is 6. The lowest BCUT2D eigenvalue weighted by molar-refractivity contribution is 0.568. The van der Waals surface area contributed by atoms with Crippen LogP contribution in [0.4, 0.5) is 0 Å². The Morgan fingerprint density at radius 3 is 0.529 bits per heavy atom. The van der Waals surface area contributed by atoms with Crippen LogP contribution in [0.5, 0.6) is 0 Å². The minimum Gasteiger partial charge on any atom is -0.0616 e. The van der Waals surface area contributed by atoms with Crippen LogP contribution < -0.4 is 31.8 Å². The normalized spacial score (nSPS) is 13.7. The highest BCUT2D eigenvalue weighted by Crippen LogP contribution is 2.46. The zero-order valence-corrected chi connectivity index (χ0v) is 50.2. The molecule has 0 atom stereocenters. The van der Waals surface area contributed by atoms with Crippen molar-refractivity contribution in [2.75, 3.05) is 0 Å². The quantitative estimate of drug-likeness (QED) is 0.140. The second-order valence-corrected chi connectivity index (χ2v) is 33.2. The third-order valence-electron chi connectivity index (χ3n) is 14.2. The van der Waals surface area contributed by atoms with Crippen molar-refractivity contribution in [2.24, 2.45) is 0 Å². The Labute approximate surface area is 431 Å². The van der Waals surface area contributed by atoms with Gasteiger partial charge in [-0.25, -0.2) is 0 Å². The van der Waals surface area contributed by atoms with Gasteiger partial charge in [-0.15, -0.1) is 0 Å². The fraction of sp³-hybridized carbons (Fsp3) is 0.471. The maximum Gasteiger partial charge on any atom is -0.00724 e. The van der Waals surface area contributed by atoms with Crippen LogP contribution in [0.1, 0.15) is 211 Å². The maximum atomic E-state index is 2.58. The average Bonchev–Trinajstić information content (AvgIpc) is 3.21. The molecule has 0 aliphatic heterocycles. The van der Waals surface area contributed by atoms with E-state index in [1.807, 2.05) is 0 Å². The summed E-state index contributed by atoms with van der Waals surface area (Å²) in [4.78, 5) is 0. The zero-order valence-electron chi connectivity index (χ0n) is 48.4. The Morgan fingerprint density at radius 2 is 0.371 bits per heavy atom. The average molecular weight is 971 g/mol. The van der Waals surface area contributed by atoms with Crippen molar-refractivity contribution in [1.29, 1.82) is 0 Å². The molecule has 0 radical (unpaired) electrons. The Bertz CT molecular complexity index is 2350. The molecule has 0 aliphatic carbocycles. The molecule has 0 N–H and O–H groups in total. The smallest absolute Gasteiger partial charge is 0.00724 e. The lowest BCUT2D eigenvalue weighted by Gasteiger charge is -2.33. The SMILES string of the molecule is CC(C)(C)c1cc(P(c2cc(C(C)(C)C)cc(C(C)(C)C)c2)c2ccccc2-c2ccccc2P(c2cc(C(C)(C)C)cc(C(C)(C)C)c2)c2cc(C(C)(C)C)cc(C(C)(C)C)c2)cc(C(C)(C)C)c1. The second-order valence-electron chi connectivity index (χ2n) is 28.8. The highest BCUT2D eigenvalue weighted by Gasteiger charge is 2.33. The van der Waals surface area contributed by atoms with Crippen molar-refractivity contribution in [3.8, 4) is 11.1 Å². The van der Waals surface area contributed by atoms with Gasteiger partial charge in [0.2, 0.25) is 0 Å². The Morgan fingerprint density at radius 1 is 0.214 bits per heavy atom. The van der Waals surface area contributed by atoms with Gasteiger partial charge in [-0.2, -0.15) is 0 Å². The molecular weight excluding hydrogens is 879 g/mol. The monoisotopic (exact) mass is 971 g/mol. The number of rotatable bonds is 7. The molecule has 6 rings (SSSR count). The molecule has 0 bridgehead atoms. The van der Waals surface area contributed by atoms with E-state index in [-0.39, 0.29) is 43.3 Å². The Hall–Kier alpha value is -3.82. The number of hydrogen-bond acceptors (Lipinski definition) is 0. The summed E-state index contributed by atoms with van der Waals surface area (Å²) in [6.45, 7) is 57.1. The lowest BCUT2D eigenvalue weighted by atomic mass is 9.81. The summed E-state index contributed by atoms with van der Waals surface area (Å²) < 4.78 is 0. The first-order valence-corrected chi connectivity index (χ1v) is 28.9. The molecule has 0 saturated heterocycles. The molecule has 6 aromatic rings. The van der Waals surface area contributed by atoms with E-state index < -0.39 is 15.8 Å². The maximum absolute atomic E-state index is 2.58. The molecule has 0 unspecified atom stereocenters. The fourth-order valence-corrected chi connectivity index (χ4v) is 14.3. The van der Waals surface area contributed by atoms with Crippen LogP contribution in [-0.4, -0.2) is 0 Å². The van der Waals surface area contributed by atoms with Gasteiger partial charge in [0.15, 0.2) is 0 Å². The van der Waals surface area contributed by atoms with Gasteiger partial charge in [0, 0.05) is 0 Å². The van der Waals surface area contributed by atoms with Crippen LogP contribution in [0.25, 0.3) is 11.1 Å². The molecule has 0 saturated carbocycles. The van der Waals surface area contributed by atoms with Crippen LogP contribution in [0.15, 0.2) is 121 Å². The molecule has 0 aromatic heterocycles. The van der Waals surface area contributed by atoms with E-state index >= 15 is 0 Å². The Balaban J connectivity index is 1.82. The summed E-state index contributed by atoms with van der Waals surface area (Å²) in [7, 11) is -2.12. The molecule has 0 nitrogen and oxygen atoms in total. The highest BCUT2D eigenvalue weighted by molar-refractivity contribution is 7.80. The standard InChI is InChI=1S/C68H92P2/c1-61(2,3)45-33-46(62(4,5)6)38-53(37-45)69(54-39-47(63(7,8)9)34-48(40-54)64(10,11)12)59-31-27-25-29-57(59)58-30-26-28-32-60(58)70(55-41-49(65(13,14)15)35-50(42-55)66(16,17)18)56-43-51(67(19,20)21)36-52(44-56)68(22,23)24/h25-44H,1-24H3. The van der Waals surface area contributed by atoms with Crippen molar-refractivity contribution in [3.63, 3.8) is 0 Å². The summed E-state index contributed by atoms with van der Waals surface area (Å²) >= 11 is 0. The first kappa shape index (κ1) is 55.5. The van der Waals surface area contributed by atoms with Crippen LogP contribution in [0, 0.1) is 0 Å². The van der Waals surface area contributed by atoms with Crippen molar-refractivity contribution >= 4 is 47.7 Å². The molecule has 0 fully saturated rings. The predicted octanol–water partition coefficient (Wildman–Crippen LogP) is 17.2. The van der Waals surface area contributed by atoms with Gasteiger partial charge in [0.1, 0.15) is 0 Å². The van der Waals surface area contributed by atoms with E-state index in [2.05, 4.69) is 287 Å². The molecule has 374 valence electrons. The zero-order chi connectivity index (χ0) is 52.5. The molecule has 2 heteroatoms. The van der Waals surface area contributed by atoms with Gasteiger partial charge in [0.05, 0.1) is 0 Å². The summed E-state index contributed by atoms with van der Waals surface area (Å²) in [6, 6.07) is 49.7. The summed E-state index contributed by atoms with van der Waals surface area (Å²) in [5.41, 5.74) is 13.6. The van der Waals surface area contributed by atoms with Gasteiger partial charge in [0.25, 0.3) is 0 Å². The van der Waals surface area contributed by atoms with Crippen molar-refractivity contribution in [1.82, 2.24) is 0 Å². The predicted molar refractivity (Wildman–Crippen MR) is 319 cm³/mol.